The molecule has 1 unspecified atom stereocenters. The first-order chi connectivity index (χ1) is 16.1. The summed E-state index contributed by atoms with van der Waals surface area (Å²) in [5.74, 6) is 2.98. The Kier molecular flexibility index (Phi) is 8.01. The number of methoxy groups -OCH3 is 2. The van der Waals surface area contributed by atoms with Gasteiger partial charge in [0.2, 0.25) is 5.91 Å². The molecular formula is C25H35N5O3. The molecule has 2 fully saturated rings. The van der Waals surface area contributed by atoms with Crippen molar-refractivity contribution in [2.45, 2.75) is 12.8 Å². The van der Waals surface area contributed by atoms with E-state index >= 15 is 0 Å². The van der Waals surface area contributed by atoms with Gasteiger partial charge in [0.25, 0.3) is 0 Å². The molecule has 0 saturated carbocycles. The van der Waals surface area contributed by atoms with E-state index in [0.29, 0.717) is 29.6 Å². The van der Waals surface area contributed by atoms with Crippen LogP contribution in [0.3, 0.4) is 0 Å². The van der Waals surface area contributed by atoms with E-state index in [0.717, 1.165) is 58.1 Å². The minimum absolute atomic E-state index is 0.00469. The lowest BCUT2D eigenvalue weighted by Gasteiger charge is -2.39. The Morgan fingerprint density at radius 1 is 1.03 bits per heavy atom. The van der Waals surface area contributed by atoms with Crippen molar-refractivity contribution in [3.8, 4) is 11.5 Å². The SMILES string of the molecule is COc1cc(NC(=O)CN2CCCC(CN3CCN(c4ccccn4)CC3)C2)cc(OC)c1. The average molecular weight is 454 g/mol. The fourth-order valence-corrected chi connectivity index (χ4v) is 4.79. The Morgan fingerprint density at radius 3 is 2.45 bits per heavy atom. The topological polar surface area (TPSA) is 70.2 Å². The molecule has 178 valence electrons. The number of hydrogen-bond donors (Lipinski definition) is 1. The van der Waals surface area contributed by atoms with Crippen LogP contribution in [0.2, 0.25) is 0 Å². The van der Waals surface area contributed by atoms with Gasteiger partial charge in [-0.25, -0.2) is 4.98 Å². The summed E-state index contributed by atoms with van der Waals surface area (Å²) in [7, 11) is 3.21. The third-order valence-electron chi connectivity index (χ3n) is 6.47. The van der Waals surface area contributed by atoms with Crippen molar-refractivity contribution < 1.29 is 14.3 Å². The number of pyridine rings is 1. The Balaban J connectivity index is 1.23. The summed E-state index contributed by atoms with van der Waals surface area (Å²) in [4.78, 5) is 24.4. The number of piperidine rings is 1. The summed E-state index contributed by atoms with van der Waals surface area (Å²) in [5, 5.41) is 2.99. The number of carbonyl (C=O) groups excluding carboxylic acids is 1. The van der Waals surface area contributed by atoms with E-state index in [-0.39, 0.29) is 5.91 Å². The van der Waals surface area contributed by atoms with Gasteiger partial charge in [0.15, 0.2) is 0 Å². The van der Waals surface area contributed by atoms with Crippen LogP contribution in [0.4, 0.5) is 11.5 Å². The molecule has 0 radical (unpaired) electrons. The van der Waals surface area contributed by atoms with Crippen LogP contribution >= 0.6 is 0 Å². The van der Waals surface area contributed by atoms with Crippen LogP contribution in [0, 0.1) is 5.92 Å². The van der Waals surface area contributed by atoms with Crippen LogP contribution < -0.4 is 19.7 Å². The number of likely N-dealkylation sites (tertiary alicyclic amines) is 1. The third-order valence-corrected chi connectivity index (χ3v) is 6.47. The molecule has 2 aliphatic heterocycles. The highest BCUT2D eigenvalue weighted by molar-refractivity contribution is 5.92. The maximum Gasteiger partial charge on any atom is 0.238 e. The van der Waals surface area contributed by atoms with E-state index in [1.807, 2.05) is 30.5 Å². The summed E-state index contributed by atoms with van der Waals surface area (Å²) in [6, 6.07) is 11.5. The number of anilines is 2. The molecule has 0 aliphatic carbocycles. The van der Waals surface area contributed by atoms with Gasteiger partial charge in [0.1, 0.15) is 17.3 Å². The number of nitrogens with one attached hydrogen (secondary N) is 1. The predicted octanol–water partition coefficient (Wildman–Crippen LogP) is 2.57. The summed E-state index contributed by atoms with van der Waals surface area (Å²) in [5.41, 5.74) is 0.690. The summed E-state index contributed by atoms with van der Waals surface area (Å²) in [6.07, 6.45) is 4.23. The molecule has 2 aromatic rings. The molecule has 1 aromatic carbocycles. The highest BCUT2D eigenvalue weighted by Gasteiger charge is 2.25. The Bertz CT molecular complexity index is 880. The third kappa shape index (κ3) is 6.58. The van der Waals surface area contributed by atoms with Gasteiger partial charge in [-0.1, -0.05) is 6.07 Å². The zero-order chi connectivity index (χ0) is 23.0. The fourth-order valence-electron chi connectivity index (χ4n) is 4.79. The molecule has 0 bridgehead atoms. The molecule has 4 rings (SSSR count). The molecule has 1 aromatic heterocycles. The molecule has 8 nitrogen and oxygen atoms in total. The van der Waals surface area contributed by atoms with Crippen molar-refractivity contribution in [3.05, 3.63) is 42.6 Å². The second kappa shape index (κ2) is 11.3. The zero-order valence-corrected chi connectivity index (χ0v) is 19.7. The van der Waals surface area contributed by atoms with Gasteiger partial charge in [0, 0.05) is 69.4 Å². The van der Waals surface area contributed by atoms with Gasteiger partial charge in [0.05, 0.1) is 20.8 Å². The highest BCUT2D eigenvalue weighted by Crippen LogP contribution is 2.26. The molecule has 33 heavy (non-hydrogen) atoms. The van der Waals surface area contributed by atoms with Crippen LogP contribution in [0.25, 0.3) is 0 Å². The van der Waals surface area contributed by atoms with Crippen LogP contribution in [-0.4, -0.2) is 87.3 Å². The number of piperazine rings is 1. The normalized spacial score (nSPS) is 19.8. The molecule has 1 N–H and O–H groups in total. The van der Waals surface area contributed by atoms with Crippen LogP contribution in [0.1, 0.15) is 12.8 Å². The lowest BCUT2D eigenvalue weighted by Crippen LogP contribution is -2.50. The maximum absolute atomic E-state index is 12.7. The number of aromatic nitrogens is 1. The van der Waals surface area contributed by atoms with E-state index in [9.17, 15) is 4.79 Å². The predicted molar refractivity (Wildman–Crippen MR) is 130 cm³/mol. The molecule has 1 atom stereocenters. The van der Waals surface area contributed by atoms with Gasteiger partial charge in [-0.15, -0.1) is 0 Å². The molecule has 1 amide bonds. The van der Waals surface area contributed by atoms with E-state index < -0.39 is 0 Å². The Hall–Kier alpha value is -2.84. The molecule has 2 saturated heterocycles. The lowest BCUT2D eigenvalue weighted by atomic mass is 9.97. The zero-order valence-electron chi connectivity index (χ0n) is 19.7. The molecule has 8 heteroatoms. The van der Waals surface area contributed by atoms with Gasteiger partial charge >= 0.3 is 0 Å². The summed E-state index contributed by atoms with van der Waals surface area (Å²) < 4.78 is 10.6. The number of hydrogen-bond acceptors (Lipinski definition) is 7. The molecule has 3 heterocycles. The highest BCUT2D eigenvalue weighted by atomic mass is 16.5. The van der Waals surface area contributed by atoms with Gasteiger partial charge < -0.3 is 19.7 Å². The van der Waals surface area contributed by atoms with Crippen molar-refractivity contribution in [2.24, 2.45) is 5.92 Å². The van der Waals surface area contributed by atoms with E-state index in [4.69, 9.17) is 9.47 Å². The summed E-state index contributed by atoms with van der Waals surface area (Å²) >= 11 is 0. The summed E-state index contributed by atoms with van der Waals surface area (Å²) in [6.45, 7) is 7.59. The Labute approximate surface area is 196 Å². The minimum atomic E-state index is -0.00469. The molecular weight excluding hydrogens is 418 g/mol. The van der Waals surface area contributed by atoms with Gasteiger partial charge in [-0.05, 0) is 37.4 Å². The van der Waals surface area contributed by atoms with Crippen LogP contribution in [0.15, 0.2) is 42.6 Å². The second-order valence-corrected chi connectivity index (χ2v) is 8.87. The molecule has 0 spiro atoms. The van der Waals surface area contributed by atoms with Crippen molar-refractivity contribution in [2.75, 3.05) is 76.8 Å². The lowest BCUT2D eigenvalue weighted by molar-refractivity contribution is -0.117. The van der Waals surface area contributed by atoms with Crippen LogP contribution in [0.5, 0.6) is 11.5 Å². The van der Waals surface area contributed by atoms with E-state index in [1.165, 1.54) is 6.42 Å². The second-order valence-electron chi connectivity index (χ2n) is 8.87. The van der Waals surface area contributed by atoms with E-state index in [1.54, 1.807) is 20.3 Å². The average Bonchev–Trinajstić information content (AvgIpc) is 2.85. The van der Waals surface area contributed by atoms with Crippen molar-refractivity contribution in [3.63, 3.8) is 0 Å². The fraction of sp³-hybridized carbons (Fsp3) is 0.520. The number of benzene rings is 1. The number of nitrogens with zero attached hydrogens (tertiary/aromatic N) is 4. The van der Waals surface area contributed by atoms with Gasteiger partial charge in [-0.2, -0.15) is 0 Å². The molecule has 2 aliphatic rings. The van der Waals surface area contributed by atoms with E-state index in [2.05, 4.69) is 31.1 Å². The van der Waals surface area contributed by atoms with Crippen molar-refractivity contribution >= 4 is 17.4 Å². The first kappa shape index (κ1) is 23.3. The van der Waals surface area contributed by atoms with Crippen LogP contribution in [-0.2, 0) is 4.79 Å². The Morgan fingerprint density at radius 2 is 1.79 bits per heavy atom. The number of ether oxygens (including phenoxy) is 2. The maximum atomic E-state index is 12.7. The standard InChI is InChI=1S/C25H35N5O3/c1-32-22-14-21(15-23(16-22)33-2)27-25(31)19-29-9-5-6-20(18-29)17-28-10-12-30(13-11-28)24-7-3-4-8-26-24/h3-4,7-8,14-16,20H,5-6,9-13,17-19H2,1-2H3,(H,27,31). The quantitative estimate of drug-likeness (QED) is 0.659. The van der Waals surface area contributed by atoms with Crippen molar-refractivity contribution in [1.82, 2.24) is 14.8 Å². The number of carbonyl (C=O) groups is 1. The first-order valence-electron chi connectivity index (χ1n) is 11.8. The first-order valence-corrected chi connectivity index (χ1v) is 11.8. The number of amides is 1. The van der Waals surface area contributed by atoms with Gasteiger partial charge in [-0.3, -0.25) is 14.6 Å². The smallest absolute Gasteiger partial charge is 0.238 e. The monoisotopic (exact) mass is 453 g/mol. The number of rotatable bonds is 8. The largest absolute Gasteiger partial charge is 0.497 e. The minimum Gasteiger partial charge on any atom is -0.497 e. The van der Waals surface area contributed by atoms with Crippen molar-refractivity contribution in [1.29, 1.82) is 0 Å².